The minimum absolute atomic E-state index is 0.610. The fourth-order valence-corrected chi connectivity index (χ4v) is 2.37. The lowest BCUT2D eigenvalue weighted by Crippen LogP contribution is -2.24. The minimum atomic E-state index is 0.610. The number of allylic oxidation sites excluding steroid dienone is 1. The summed E-state index contributed by atoms with van der Waals surface area (Å²) < 4.78 is 2.14. The highest BCUT2D eigenvalue weighted by molar-refractivity contribution is 5.30. The number of rotatable bonds is 4. The molecule has 0 atom stereocenters. The first kappa shape index (κ1) is 11.2. The molecule has 16 heavy (non-hydrogen) atoms. The summed E-state index contributed by atoms with van der Waals surface area (Å²) in [7, 11) is 0. The van der Waals surface area contributed by atoms with Crippen molar-refractivity contribution >= 4 is 5.95 Å². The number of anilines is 1. The number of imidazole rings is 1. The van der Waals surface area contributed by atoms with Gasteiger partial charge in [-0.2, -0.15) is 0 Å². The maximum absolute atomic E-state index is 4.53. The Morgan fingerprint density at radius 3 is 2.94 bits per heavy atom. The first-order valence-electron chi connectivity index (χ1n) is 6.21. The predicted octanol–water partition coefficient (Wildman–Crippen LogP) is 3.12. The molecule has 0 spiro atoms. The van der Waals surface area contributed by atoms with Gasteiger partial charge in [-0.05, 0) is 19.8 Å². The maximum Gasteiger partial charge on any atom is 0.203 e. The van der Waals surface area contributed by atoms with Crippen molar-refractivity contribution in [3.8, 4) is 0 Å². The number of nitrogens with one attached hydrogen (secondary N) is 1. The number of aromatic nitrogens is 2. The molecular formula is C13H21N3. The minimum Gasteiger partial charge on any atom is -0.353 e. The first-order valence-corrected chi connectivity index (χ1v) is 6.21. The molecule has 0 bridgehead atoms. The van der Waals surface area contributed by atoms with Crippen molar-refractivity contribution in [1.82, 2.24) is 9.55 Å². The van der Waals surface area contributed by atoms with Crippen molar-refractivity contribution in [2.24, 2.45) is 0 Å². The van der Waals surface area contributed by atoms with Gasteiger partial charge in [-0.1, -0.05) is 25.3 Å². The quantitative estimate of drug-likeness (QED) is 0.788. The van der Waals surface area contributed by atoms with Crippen LogP contribution in [0.15, 0.2) is 18.9 Å². The van der Waals surface area contributed by atoms with E-state index in [1.165, 1.54) is 32.1 Å². The lowest BCUT2D eigenvalue weighted by atomic mass is 9.96. The molecule has 1 aliphatic rings. The van der Waals surface area contributed by atoms with Gasteiger partial charge in [0.2, 0.25) is 5.95 Å². The van der Waals surface area contributed by atoms with E-state index in [0.29, 0.717) is 6.04 Å². The average molecular weight is 219 g/mol. The van der Waals surface area contributed by atoms with Gasteiger partial charge in [-0.3, -0.25) is 0 Å². The molecule has 1 N–H and O–H groups in total. The molecule has 1 aromatic rings. The van der Waals surface area contributed by atoms with Crippen LogP contribution in [0.3, 0.4) is 0 Å². The SMILES string of the molecule is C=CCn1cc(C)nc1NC1CCCCC1. The maximum atomic E-state index is 4.53. The largest absolute Gasteiger partial charge is 0.353 e. The van der Waals surface area contributed by atoms with E-state index in [9.17, 15) is 0 Å². The number of hydrogen-bond donors (Lipinski definition) is 1. The fourth-order valence-electron chi connectivity index (χ4n) is 2.37. The van der Waals surface area contributed by atoms with Gasteiger partial charge in [-0.15, -0.1) is 6.58 Å². The predicted molar refractivity (Wildman–Crippen MR) is 67.7 cm³/mol. The van der Waals surface area contributed by atoms with Crippen LogP contribution in [0.2, 0.25) is 0 Å². The summed E-state index contributed by atoms with van der Waals surface area (Å²) in [5.74, 6) is 1.00. The Hall–Kier alpha value is -1.25. The van der Waals surface area contributed by atoms with Crippen LogP contribution < -0.4 is 5.32 Å². The van der Waals surface area contributed by atoms with Gasteiger partial charge in [0.15, 0.2) is 0 Å². The first-order chi connectivity index (χ1) is 7.79. The monoisotopic (exact) mass is 219 g/mol. The normalized spacial score (nSPS) is 17.3. The molecule has 3 nitrogen and oxygen atoms in total. The molecule has 1 heterocycles. The van der Waals surface area contributed by atoms with Gasteiger partial charge in [0, 0.05) is 18.8 Å². The van der Waals surface area contributed by atoms with Gasteiger partial charge >= 0.3 is 0 Å². The average Bonchev–Trinajstić information content (AvgIpc) is 2.61. The van der Waals surface area contributed by atoms with Crippen LogP contribution >= 0.6 is 0 Å². The Morgan fingerprint density at radius 2 is 2.25 bits per heavy atom. The molecule has 88 valence electrons. The number of hydrogen-bond acceptors (Lipinski definition) is 2. The second-order valence-electron chi connectivity index (χ2n) is 4.63. The molecule has 1 saturated carbocycles. The lowest BCUT2D eigenvalue weighted by molar-refractivity contribution is 0.459. The van der Waals surface area contributed by atoms with Crippen molar-refractivity contribution in [2.45, 2.75) is 51.6 Å². The molecule has 1 aliphatic carbocycles. The Labute approximate surface area is 97.6 Å². The molecule has 1 aromatic heterocycles. The van der Waals surface area contributed by atoms with Crippen LogP contribution in [0.25, 0.3) is 0 Å². The molecule has 3 heteroatoms. The van der Waals surface area contributed by atoms with Crippen LogP contribution in [0.4, 0.5) is 5.95 Å². The highest BCUT2D eigenvalue weighted by Gasteiger charge is 2.15. The second kappa shape index (κ2) is 5.19. The van der Waals surface area contributed by atoms with Gasteiger partial charge in [-0.25, -0.2) is 4.98 Å². The van der Waals surface area contributed by atoms with Crippen molar-refractivity contribution in [2.75, 3.05) is 5.32 Å². The van der Waals surface area contributed by atoms with E-state index in [2.05, 4.69) is 27.6 Å². The van der Waals surface area contributed by atoms with Gasteiger partial charge in [0.1, 0.15) is 0 Å². The summed E-state index contributed by atoms with van der Waals surface area (Å²) in [6.07, 6.45) is 10.6. The smallest absolute Gasteiger partial charge is 0.203 e. The summed E-state index contributed by atoms with van der Waals surface area (Å²) in [5.41, 5.74) is 1.07. The van der Waals surface area contributed by atoms with E-state index in [4.69, 9.17) is 0 Å². The summed E-state index contributed by atoms with van der Waals surface area (Å²) in [4.78, 5) is 4.53. The van der Waals surface area contributed by atoms with Crippen molar-refractivity contribution in [1.29, 1.82) is 0 Å². The number of nitrogens with zero attached hydrogens (tertiary/aromatic N) is 2. The fraction of sp³-hybridized carbons (Fsp3) is 0.615. The van der Waals surface area contributed by atoms with E-state index < -0.39 is 0 Å². The molecule has 0 aliphatic heterocycles. The number of aryl methyl sites for hydroxylation is 1. The highest BCUT2D eigenvalue weighted by atomic mass is 15.2. The van der Waals surface area contributed by atoms with Crippen molar-refractivity contribution < 1.29 is 0 Å². The standard InChI is InChI=1S/C13H21N3/c1-3-9-16-10-11(2)14-13(16)15-12-7-5-4-6-8-12/h3,10,12H,1,4-9H2,2H3,(H,14,15). The highest BCUT2D eigenvalue weighted by Crippen LogP contribution is 2.21. The zero-order chi connectivity index (χ0) is 11.4. The van der Waals surface area contributed by atoms with Crippen LogP contribution in [-0.2, 0) is 6.54 Å². The Kier molecular flexibility index (Phi) is 3.65. The van der Waals surface area contributed by atoms with E-state index in [1.807, 2.05) is 13.0 Å². The molecule has 2 rings (SSSR count). The van der Waals surface area contributed by atoms with E-state index in [1.54, 1.807) is 0 Å². The molecule has 0 amide bonds. The van der Waals surface area contributed by atoms with Gasteiger partial charge in [0.05, 0.1) is 5.69 Å². The summed E-state index contributed by atoms with van der Waals surface area (Å²) in [6.45, 7) is 6.64. The van der Waals surface area contributed by atoms with Crippen LogP contribution in [0.5, 0.6) is 0 Å². The molecule has 1 fully saturated rings. The summed E-state index contributed by atoms with van der Waals surface area (Å²) in [5, 5.41) is 3.56. The van der Waals surface area contributed by atoms with Crippen molar-refractivity contribution in [3.05, 3.63) is 24.5 Å². The van der Waals surface area contributed by atoms with Crippen LogP contribution in [0, 0.1) is 6.92 Å². The Balaban J connectivity index is 2.03. The zero-order valence-corrected chi connectivity index (χ0v) is 10.1. The lowest BCUT2D eigenvalue weighted by Gasteiger charge is -2.23. The molecule has 0 saturated heterocycles. The van der Waals surface area contributed by atoms with E-state index in [-0.39, 0.29) is 0 Å². The van der Waals surface area contributed by atoms with Gasteiger partial charge < -0.3 is 9.88 Å². The summed E-state index contributed by atoms with van der Waals surface area (Å²) in [6, 6.07) is 0.610. The van der Waals surface area contributed by atoms with Gasteiger partial charge in [0.25, 0.3) is 0 Å². The third kappa shape index (κ3) is 2.65. The molecule has 0 aromatic carbocycles. The van der Waals surface area contributed by atoms with E-state index in [0.717, 1.165) is 18.2 Å². The second-order valence-corrected chi connectivity index (χ2v) is 4.63. The third-order valence-corrected chi connectivity index (χ3v) is 3.16. The van der Waals surface area contributed by atoms with Crippen LogP contribution in [-0.4, -0.2) is 15.6 Å². The third-order valence-electron chi connectivity index (χ3n) is 3.16. The topological polar surface area (TPSA) is 29.9 Å². The van der Waals surface area contributed by atoms with Crippen molar-refractivity contribution in [3.63, 3.8) is 0 Å². The zero-order valence-electron chi connectivity index (χ0n) is 10.1. The van der Waals surface area contributed by atoms with Crippen LogP contribution in [0.1, 0.15) is 37.8 Å². The van der Waals surface area contributed by atoms with E-state index >= 15 is 0 Å². The Morgan fingerprint density at radius 1 is 1.50 bits per heavy atom. The summed E-state index contributed by atoms with van der Waals surface area (Å²) >= 11 is 0. The molecular weight excluding hydrogens is 198 g/mol. The molecule has 0 unspecified atom stereocenters. The molecule has 0 radical (unpaired) electrons. The Bertz CT molecular complexity index is 348.